The third-order valence-corrected chi connectivity index (χ3v) is 7.17. The Morgan fingerprint density at radius 2 is 1.85 bits per heavy atom. The number of hydrogen-bond acceptors (Lipinski definition) is 6. The van der Waals surface area contributed by atoms with Gasteiger partial charge in [0, 0.05) is 48.5 Å². The molecule has 212 valence electrons. The van der Waals surface area contributed by atoms with Crippen molar-refractivity contribution in [3.8, 4) is 22.8 Å². The number of hydrogen-bond donors (Lipinski definition) is 3. The van der Waals surface area contributed by atoms with Crippen molar-refractivity contribution in [3.05, 3.63) is 105 Å². The van der Waals surface area contributed by atoms with Crippen LogP contribution in [0, 0.1) is 5.82 Å². The molecule has 0 spiro atoms. The quantitative estimate of drug-likeness (QED) is 0.191. The number of fused-ring (bicyclic) bond motifs is 1. The highest BCUT2D eigenvalue weighted by atomic mass is 35.5. The van der Waals surface area contributed by atoms with Crippen LogP contribution in [0.4, 0.5) is 4.39 Å². The van der Waals surface area contributed by atoms with Gasteiger partial charge in [0.25, 0.3) is 0 Å². The number of H-pyrrole nitrogens is 1. The molecule has 2 aromatic carbocycles. The van der Waals surface area contributed by atoms with Crippen molar-refractivity contribution >= 4 is 22.6 Å². The van der Waals surface area contributed by atoms with Gasteiger partial charge < -0.3 is 20.8 Å². The fourth-order valence-corrected chi connectivity index (χ4v) is 4.94. The highest BCUT2D eigenvalue weighted by Gasteiger charge is 2.15. The van der Waals surface area contributed by atoms with Gasteiger partial charge in [0.15, 0.2) is 5.82 Å². The molecule has 0 aliphatic rings. The van der Waals surface area contributed by atoms with Crippen LogP contribution in [0.2, 0.25) is 5.02 Å². The fourth-order valence-electron chi connectivity index (χ4n) is 4.70. The summed E-state index contributed by atoms with van der Waals surface area (Å²) in [6, 6.07) is 16.8. The molecule has 0 saturated heterocycles. The first-order chi connectivity index (χ1) is 19.8. The Hall–Kier alpha value is -4.05. The summed E-state index contributed by atoms with van der Waals surface area (Å²) in [7, 11) is 1.59. The number of ether oxygens (including phenoxy) is 1. The van der Waals surface area contributed by atoms with Gasteiger partial charge in [0.05, 0.1) is 23.5 Å². The number of nitrogens with one attached hydrogen (secondary N) is 2. The van der Waals surface area contributed by atoms with Crippen LogP contribution in [0.3, 0.4) is 0 Å². The number of nitrogens with zero attached hydrogens (tertiary/aromatic N) is 3. The van der Waals surface area contributed by atoms with Crippen LogP contribution in [0.1, 0.15) is 36.5 Å². The first-order valence-corrected chi connectivity index (χ1v) is 13.8. The second kappa shape index (κ2) is 12.6. The van der Waals surface area contributed by atoms with Crippen LogP contribution < -0.4 is 21.5 Å². The van der Waals surface area contributed by atoms with E-state index in [1.165, 1.54) is 4.57 Å². The van der Waals surface area contributed by atoms with Crippen LogP contribution in [-0.2, 0) is 19.5 Å². The average molecular weight is 575 g/mol. The van der Waals surface area contributed by atoms with Crippen molar-refractivity contribution in [3.63, 3.8) is 0 Å². The molecule has 0 bridgehead atoms. The van der Waals surface area contributed by atoms with E-state index in [2.05, 4.69) is 20.3 Å². The van der Waals surface area contributed by atoms with Gasteiger partial charge in [-0.3, -0.25) is 4.57 Å². The number of nitrogens with two attached hydrogens (primary N) is 1. The molecule has 1 atom stereocenters. The van der Waals surface area contributed by atoms with Crippen molar-refractivity contribution in [2.24, 2.45) is 5.73 Å². The molecule has 0 aliphatic carbocycles. The van der Waals surface area contributed by atoms with Crippen LogP contribution in [0.25, 0.3) is 28.0 Å². The third-order valence-electron chi connectivity index (χ3n) is 6.89. The Morgan fingerprint density at radius 3 is 2.56 bits per heavy atom. The van der Waals surface area contributed by atoms with E-state index >= 15 is 4.39 Å². The number of halogens is 2. The number of methoxy groups -OCH3 is 1. The lowest BCUT2D eigenvalue weighted by Crippen LogP contribution is -2.20. The van der Waals surface area contributed by atoms with E-state index < -0.39 is 11.5 Å². The maximum Gasteiger partial charge on any atom is 0.354 e. The highest BCUT2D eigenvalue weighted by Crippen LogP contribution is 2.31. The molecule has 0 unspecified atom stereocenters. The number of rotatable bonds is 11. The van der Waals surface area contributed by atoms with Crippen LogP contribution in [-0.4, -0.2) is 32.7 Å². The lowest BCUT2D eigenvalue weighted by atomic mass is 10.0. The molecule has 0 fully saturated rings. The smallest absolute Gasteiger partial charge is 0.354 e. The predicted molar refractivity (Wildman–Crippen MR) is 160 cm³/mol. The van der Waals surface area contributed by atoms with Crippen LogP contribution >= 0.6 is 11.6 Å². The third kappa shape index (κ3) is 6.82. The molecule has 3 aromatic heterocycles. The first kappa shape index (κ1) is 28.5. The Labute approximate surface area is 242 Å². The molecule has 41 heavy (non-hydrogen) atoms. The summed E-state index contributed by atoms with van der Waals surface area (Å²) >= 11 is 6.23. The number of aromatic amines is 1. The predicted octanol–water partition coefficient (Wildman–Crippen LogP) is 5.54. The molecule has 4 N–H and O–H groups in total. The molecule has 0 amide bonds. The molecule has 8 nitrogen and oxygen atoms in total. The normalized spacial score (nSPS) is 12.1. The summed E-state index contributed by atoms with van der Waals surface area (Å²) in [5, 5.41) is 4.12. The molecular weight excluding hydrogens is 543 g/mol. The van der Waals surface area contributed by atoms with Crippen LogP contribution in [0.5, 0.6) is 5.88 Å². The number of pyridine rings is 1. The van der Waals surface area contributed by atoms with Gasteiger partial charge in [0.1, 0.15) is 5.65 Å². The van der Waals surface area contributed by atoms with Crippen LogP contribution in [0.15, 0.2) is 71.8 Å². The number of benzene rings is 2. The highest BCUT2D eigenvalue weighted by molar-refractivity contribution is 6.31. The SMILES string of the molecule is COc1ccc(CNCc2ccc(-n3cc4cc(-c5cc(CCC[C@H](C)N)cc(Cl)c5F)[nH]c4nc3=O)cc2)cn1. The molecule has 0 aliphatic heterocycles. The van der Waals surface area contributed by atoms with Crippen molar-refractivity contribution in [2.75, 3.05) is 7.11 Å². The van der Waals surface area contributed by atoms with E-state index in [-0.39, 0.29) is 11.1 Å². The standard InChI is InChI=1S/C31H32ClFN6O2/c1-19(34)4-3-5-21-12-25(29(33)26(32)13-21)27-14-23-18-39(31(40)38-30(23)37-27)24-9-6-20(7-10-24)15-35-16-22-8-11-28(41-2)36-17-22/h6-14,17-19,35H,3-5,15-16,34H2,1-2H3,(H,37,38,40)/t19-/m0/s1. The number of aryl methyl sites for hydroxylation is 1. The van der Waals surface area contributed by atoms with Gasteiger partial charge in [0.2, 0.25) is 5.88 Å². The Balaban J connectivity index is 1.32. The van der Waals surface area contributed by atoms with E-state index in [1.54, 1.807) is 37.7 Å². The van der Waals surface area contributed by atoms with E-state index in [4.69, 9.17) is 22.1 Å². The molecule has 3 heterocycles. The molecule has 0 radical (unpaired) electrons. The summed E-state index contributed by atoms with van der Waals surface area (Å²) in [5.41, 5.74) is 10.4. The van der Waals surface area contributed by atoms with Gasteiger partial charge in [-0.05, 0) is 73.2 Å². The molecule has 0 saturated carbocycles. The molecule has 10 heteroatoms. The van der Waals surface area contributed by atoms with E-state index in [0.29, 0.717) is 46.9 Å². The summed E-state index contributed by atoms with van der Waals surface area (Å²) in [4.78, 5) is 24.4. The van der Waals surface area contributed by atoms with Gasteiger partial charge in [-0.25, -0.2) is 14.2 Å². The van der Waals surface area contributed by atoms with Crippen molar-refractivity contribution in [1.29, 1.82) is 0 Å². The fraction of sp³-hybridized carbons (Fsp3) is 0.258. The monoisotopic (exact) mass is 574 g/mol. The molecule has 5 aromatic rings. The first-order valence-electron chi connectivity index (χ1n) is 13.5. The zero-order valence-electron chi connectivity index (χ0n) is 23.0. The Kier molecular flexibility index (Phi) is 8.78. The van der Waals surface area contributed by atoms with E-state index in [0.717, 1.165) is 36.0 Å². The Bertz CT molecular complexity index is 1700. The minimum atomic E-state index is -0.517. The minimum Gasteiger partial charge on any atom is -0.481 e. The second-order valence-electron chi connectivity index (χ2n) is 10.2. The van der Waals surface area contributed by atoms with Crippen molar-refractivity contribution in [2.45, 2.75) is 45.3 Å². The maximum absolute atomic E-state index is 15.1. The number of aromatic nitrogens is 4. The van der Waals surface area contributed by atoms with Crippen molar-refractivity contribution in [1.82, 2.24) is 24.8 Å². The van der Waals surface area contributed by atoms with Crippen molar-refractivity contribution < 1.29 is 9.13 Å². The second-order valence-corrected chi connectivity index (χ2v) is 10.6. The zero-order valence-corrected chi connectivity index (χ0v) is 23.7. The molecule has 5 rings (SSSR count). The van der Waals surface area contributed by atoms with E-state index in [9.17, 15) is 4.79 Å². The van der Waals surface area contributed by atoms with E-state index in [1.807, 2.05) is 43.3 Å². The average Bonchev–Trinajstić information content (AvgIpc) is 3.37. The summed E-state index contributed by atoms with van der Waals surface area (Å²) in [5.74, 6) is 0.0643. The lowest BCUT2D eigenvalue weighted by Gasteiger charge is -2.09. The summed E-state index contributed by atoms with van der Waals surface area (Å²) in [6.45, 7) is 3.28. The summed E-state index contributed by atoms with van der Waals surface area (Å²) in [6.07, 6.45) is 5.97. The largest absolute Gasteiger partial charge is 0.481 e. The molecular formula is C31H32ClFN6O2. The Morgan fingerprint density at radius 1 is 1.10 bits per heavy atom. The van der Waals surface area contributed by atoms with Gasteiger partial charge in [-0.15, -0.1) is 0 Å². The van der Waals surface area contributed by atoms with Gasteiger partial charge >= 0.3 is 5.69 Å². The van der Waals surface area contributed by atoms with Gasteiger partial charge in [-0.2, -0.15) is 4.98 Å². The van der Waals surface area contributed by atoms with Gasteiger partial charge in [-0.1, -0.05) is 29.8 Å². The topological polar surface area (TPSA) is 111 Å². The maximum atomic E-state index is 15.1. The zero-order chi connectivity index (χ0) is 28.9. The minimum absolute atomic E-state index is 0.0553. The summed E-state index contributed by atoms with van der Waals surface area (Å²) < 4.78 is 21.6. The lowest BCUT2D eigenvalue weighted by molar-refractivity contribution is 0.397.